The van der Waals surface area contributed by atoms with Gasteiger partial charge in [-0.3, -0.25) is 14.4 Å². The number of rotatable bonds is 8. The van der Waals surface area contributed by atoms with Crippen LogP contribution in [0.4, 0.5) is 15.8 Å². The molecule has 1 fully saturated rings. The number of benzene rings is 2. The molecule has 8 heteroatoms. The second kappa shape index (κ2) is 10.4. The Morgan fingerprint density at radius 1 is 1.19 bits per heavy atom. The van der Waals surface area contributed by atoms with Crippen molar-refractivity contribution in [3.8, 4) is 0 Å². The summed E-state index contributed by atoms with van der Waals surface area (Å²) in [6.07, 6.45) is -0.0325. The van der Waals surface area contributed by atoms with Crippen LogP contribution in [0.25, 0.3) is 0 Å². The first-order chi connectivity index (χ1) is 15.3. The van der Waals surface area contributed by atoms with E-state index < -0.39 is 11.7 Å². The number of hydrogen-bond acceptors (Lipinski definition) is 4. The molecule has 1 atom stereocenters. The molecule has 0 saturated carbocycles. The summed E-state index contributed by atoms with van der Waals surface area (Å²) in [6.45, 7) is 4.23. The summed E-state index contributed by atoms with van der Waals surface area (Å²) >= 11 is 0. The van der Waals surface area contributed by atoms with Gasteiger partial charge in [-0.05, 0) is 43.2 Å². The second-order valence-corrected chi connectivity index (χ2v) is 7.91. The van der Waals surface area contributed by atoms with Crippen LogP contribution in [-0.4, -0.2) is 56.0 Å². The molecule has 0 spiro atoms. The number of anilines is 2. The van der Waals surface area contributed by atoms with Crippen molar-refractivity contribution in [2.45, 2.75) is 20.3 Å². The number of ether oxygens (including phenoxy) is 1. The molecule has 0 aliphatic carbocycles. The van der Waals surface area contributed by atoms with E-state index in [2.05, 4.69) is 5.32 Å². The van der Waals surface area contributed by atoms with Crippen LogP contribution >= 0.6 is 0 Å². The molecule has 32 heavy (non-hydrogen) atoms. The number of carbonyl (C=O) groups excluding carboxylic acids is 3. The van der Waals surface area contributed by atoms with Gasteiger partial charge in [-0.25, -0.2) is 4.39 Å². The Bertz CT molecular complexity index is 1010. The van der Waals surface area contributed by atoms with Gasteiger partial charge in [0.25, 0.3) is 0 Å². The smallest absolute Gasteiger partial charge is 0.244 e. The summed E-state index contributed by atoms with van der Waals surface area (Å²) in [7, 11) is 1.51. The zero-order valence-electron chi connectivity index (χ0n) is 18.6. The van der Waals surface area contributed by atoms with Crippen LogP contribution in [0, 0.1) is 25.6 Å². The van der Waals surface area contributed by atoms with Gasteiger partial charge in [-0.1, -0.05) is 24.3 Å². The van der Waals surface area contributed by atoms with Gasteiger partial charge >= 0.3 is 0 Å². The highest BCUT2D eigenvalue weighted by Crippen LogP contribution is 2.28. The molecule has 170 valence electrons. The third-order valence-corrected chi connectivity index (χ3v) is 5.71. The maximum Gasteiger partial charge on any atom is 0.244 e. The zero-order chi connectivity index (χ0) is 23.3. The summed E-state index contributed by atoms with van der Waals surface area (Å²) in [5.74, 6) is -2.16. The largest absolute Gasteiger partial charge is 0.383 e. The molecule has 1 aliphatic heterocycles. The molecule has 0 aromatic heterocycles. The fourth-order valence-corrected chi connectivity index (χ4v) is 3.75. The van der Waals surface area contributed by atoms with Crippen LogP contribution in [0.2, 0.25) is 0 Å². The Labute approximate surface area is 187 Å². The fourth-order valence-electron chi connectivity index (χ4n) is 3.75. The minimum Gasteiger partial charge on any atom is -0.383 e. The molecule has 1 aliphatic rings. The molecule has 3 amide bonds. The summed E-state index contributed by atoms with van der Waals surface area (Å²) in [6, 6.07) is 11.6. The lowest BCUT2D eigenvalue weighted by Gasteiger charge is -2.25. The molecule has 1 heterocycles. The van der Waals surface area contributed by atoms with Crippen molar-refractivity contribution < 1.29 is 23.5 Å². The van der Waals surface area contributed by atoms with Gasteiger partial charge in [-0.2, -0.15) is 0 Å². The Morgan fingerprint density at radius 2 is 1.94 bits per heavy atom. The van der Waals surface area contributed by atoms with Crippen molar-refractivity contribution in [2.75, 3.05) is 43.6 Å². The number of aryl methyl sites for hydroxylation is 1. The highest BCUT2D eigenvalue weighted by Gasteiger charge is 2.38. The highest BCUT2D eigenvalue weighted by atomic mass is 19.1. The number of carbonyl (C=O) groups is 3. The quantitative estimate of drug-likeness (QED) is 0.683. The Morgan fingerprint density at radius 3 is 2.66 bits per heavy atom. The monoisotopic (exact) mass is 441 g/mol. The van der Waals surface area contributed by atoms with Crippen molar-refractivity contribution in [3.05, 3.63) is 59.4 Å². The molecule has 0 bridgehead atoms. The molecule has 1 unspecified atom stereocenters. The average Bonchev–Trinajstić information content (AvgIpc) is 3.15. The predicted molar refractivity (Wildman–Crippen MR) is 120 cm³/mol. The first-order valence-electron chi connectivity index (χ1n) is 10.5. The van der Waals surface area contributed by atoms with Crippen molar-refractivity contribution in [2.24, 2.45) is 5.92 Å². The van der Waals surface area contributed by atoms with E-state index in [1.807, 2.05) is 32.0 Å². The molecule has 0 radical (unpaired) electrons. The van der Waals surface area contributed by atoms with Crippen LogP contribution in [0.1, 0.15) is 17.5 Å². The van der Waals surface area contributed by atoms with Crippen molar-refractivity contribution >= 4 is 29.1 Å². The van der Waals surface area contributed by atoms with Crippen LogP contribution in [0.15, 0.2) is 42.5 Å². The fraction of sp³-hybridized carbons (Fsp3) is 0.375. The van der Waals surface area contributed by atoms with Crippen LogP contribution in [-0.2, 0) is 19.1 Å². The number of nitrogens with zero attached hydrogens (tertiary/aromatic N) is 2. The number of methoxy groups -OCH3 is 1. The van der Waals surface area contributed by atoms with Crippen molar-refractivity contribution in [3.63, 3.8) is 0 Å². The summed E-state index contributed by atoms with van der Waals surface area (Å²) in [4.78, 5) is 41.1. The zero-order valence-corrected chi connectivity index (χ0v) is 18.6. The van der Waals surface area contributed by atoms with E-state index in [0.717, 1.165) is 11.1 Å². The number of halogens is 1. The molecule has 2 aromatic carbocycles. The lowest BCUT2D eigenvalue weighted by molar-refractivity contribution is -0.139. The molecule has 1 saturated heterocycles. The van der Waals surface area contributed by atoms with Gasteiger partial charge in [0, 0.05) is 32.3 Å². The van der Waals surface area contributed by atoms with Crippen molar-refractivity contribution in [1.29, 1.82) is 0 Å². The molecular formula is C24H28FN3O4. The minimum absolute atomic E-state index is 0.0325. The normalized spacial score (nSPS) is 15.7. The van der Waals surface area contributed by atoms with Crippen LogP contribution < -0.4 is 10.2 Å². The van der Waals surface area contributed by atoms with E-state index in [9.17, 15) is 18.8 Å². The van der Waals surface area contributed by atoms with Gasteiger partial charge < -0.3 is 19.9 Å². The topological polar surface area (TPSA) is 79.0 Å². The highest BCUT2D eigenvalue weighted by molar-refractivity contribution is 6.01. The number of para-hydroxylation sites is 1. The molecular weight excluding hydrogens is 413 g/mol. The van der Waals surface area contributed by atoms with Gasteiger partial charge in [0.2, 0.25) is 17.7 Å². The van der Waals surface area contributed by atoms with Gasteiger partial charge in [0.15, 0.2) is 0 Å². The van der Waals surface area contributed by atoms with Crippen molar-refractivity contribution in [1.82, 2.24) is 4.90 Å². The Hall–Kier alpha value is -3.26. The predicted octanol–water partition coefficient (Wildman–Crippen LogP) is 2.91. The lowest BCUT2D eigenvalue weighted by atomic mass is 10.1. The third kappa shape index (κ3) is 5.31. The third-order valence-electron chi connectivity index (χ3n) is 5.71. The van der Waals surface area contributed by atoms with Crippen LogP contribution in [0.3, 0.4) is 0 Å². The standard InChI is InChI=1S/C24H28FN3O4/c1-16-7-6-9-20(17(16)2)26-22(29)15-27(11-12-32-3)24(31)18-13-23(30)28(14-18)21-10-5-4-8-19(21)25/h4-10,18H,11-15H2,1-3H3,(H,26,29). The van der Waals surface area contributed by atoms with E-state index in [4.69, 9.17) is 4.74 Å². The number of nitrogens with one attached hydrogen (secondary N) is 1. The van der Waals surface area contributed by atoms with Gasteiger partial charge in [0.1, 0.15) is 5.82 Å². The molecule has 3 rings (SSSR count). The maximum absolute atomic E-state index is 14.1. The first-order valence-corrected chi connectivity index (χ1v) is 10.5. The van der Waals surface area contributed by atoms with E-state index in [-0.39, 0.29) is 56.1 Å². The molecule has 2 aromatic rings. The number of amides is 3. The summed E-state index contributed by atoms with van der Waals surface area (Å²) in [5.41, 5.74) is 2.85. The summed E-state index contributed by atoms with van der Waals surface area (Å²) in [5, 5.41) is 2.85. The Balaban J connectivity index is 1.70. The minimum atomic E-state index is -0.660. The second-order valence-electron chi connectivity index (χ2n) is 7.91. The van der Waals surface area contributed by atoms with E-state index in [1.54, 1.807) is 12.1 Å². The van der Waals surface area contributed by atoms with Gasteiger partial charge in [-0.15, -0.1) is 0 Å². The van der Waals surface area contributed by atoms with E-state index in [0.29, 0.717) is 5.69 Å². The SMILES string of the molecule is COCCN(CC(=O)Nc1cccc(C)c1C)C(=O)C1CC(=O)N(c2ccccc2F)C1. The molecule has 7 nitrogen and oxygen atoms in total. The maximum atomic E-state index is 14.1. The molecule has 1 N–H and O–H groups in total. The lowest BCUT2D eigenvalue weighted by Crippen LogP contribution is -2.43. The van der Waals surface area contributed by atoms with Crippen LogP contribution in [0.5, 0.6) is 0 Å². The Kier molecular flexibility index (Phi) is 7.58. The number of hydrogen-bond donors (Lipinski definition) is 1. The first kappa shape index (κ1) is 23.4. The summed E-state index contributed by atoms with van der Waals surface area (Å²) < 4.78 is 19.2. The van der Waals surface area contributed by atoms with E-state index in [1.165, 1.54) is 29.0 Å². The van der Waals surface area contributed by atoms with Gasteiger partial charge in [0.05, 0.1) is 24.8 Å². The average molecular weight is 442 g/mol. The van der Waals surface area contributed by atoms with E-state index >= 15 is 0 Å².